The number of aromatic nitrogens is 5. The average Bonchev–Trinajstić information content (AvgIpc) is 3.60. The molecule has 6 heterocycles. The Labute approximate surface area is 206 Å². The summed E-state index contributed by atoms with van der Waals surface area (Å²) < 4.78 is 38.8. The van der Waals surface area contributed by atoms with Crippen molar-refractivity contribution in [2.24, 2.45) is 0 Å². The highest BCUT2D eigenvalue weighted by Crippen LogP contribution is 2.45. The molecule has 1 aromatic carbocycles. The Hall–Kier alpha value is -4.21. The van der Waals surface area contributed by atoms with E-state index in [1.54, 1.807) is 18.7 Å². The second-order valence-corrected chi connectivity index (χ2v) is 9.80. The molecule has 0 unspecified atom stereocenters. The Balaban J connectivity index is 1.42. The molecule has 7 rings (SSSR count). The number of rotatable bonds is 3. The zero-order chi connectivity index (χ0) is 24.6. The van der Waals surface area contributed by atoms with Crippen LogP contribution >= 0.6 is 11.3 Å². The number of fused-ring (bicyclic) bond motifs is 4. The number of benzene rings is 1. The molecule has 2 aliphatic rings. The number of imidazole rings is 1. The van der Waals surface area contributed by atoms with Crippen molar-refractivity contribution in [1.82, 2.24) is 24.5 Å². The molecule has 0 aliphatic carbocycles. The molecule has 1 saturated heterocycles. The van der Waals surface area contributed by atoms with Gasteiger partial charge in [-0.3, -0.25) is 4.98 Å². The minimum atomic E-state index is -0.615. The fourth-order valence-corrected chi connectivity index (χ4v) is 5.90. The Bertz CT molecular complexity index is 1740. The van der Waals surface area contributed by atoms with Crippen LogP contribution in [0.4, 0.5) is 19.7 Å². The van der Waals surface area contributed by atoms with Gasteiger partial charge in [-0.2, -0.15) is 5.26 Å². The number of nitrogens with zero attached hydrogens (tertiary/aromatic N) is 7. The van der Waals surface area contributed by atoms with Crippen molar-refractivity contribution >= 4 is 43.3 Å². The van der Waals surface area contributed by atoms with E-state index in [0.29, 0.717) is 30.0 Å². The van der Waals surface area contributed by atoms with Gasteiger partial charge in [0.15, 0.2) is 11.6 Å². The third-order valence-corrected chi connectivity index (χ3v) is 7.85. The maximum Gasteiger partial charge on any atom is 0.226 e. The Morgan fingerprint density at radius 2 is 2.00 bits per heavy atom. The summed E-state index contributed by atoms with van der Waals surface area (Å²) in [6.45, 7) is 1.75. The first kappa shape index (κ1) is 21.1. The molecule has 0 amide bonds. The second-order valence-electron chi connectivity index (χ2n) is 8.75. The van der Waals surface area contributed by atoms with E-state index in [9.17, 15) is 9.65 Å². The Kier molecular flexibility index (Phi) is 4.48. The van der Waals surface area contributed by atoms with E-state index in [0.717, 1.165) is 23.1 Å². The summed E-state index contributed by atoms with van der Waals surface area (Å²) in [4.78, 5) is 19.4. The summed E-state index contributed by atoms with van der Waals surface area (Å²) >= 11 is 0.945. The number of nitriles is 1. The van der Waals surface area contributed by atoms with Crippen molar-refractivity contribution in [3.05, 3.63) is 59.4 Å². The molecule has 2 aliphatic heterocycles. The lowest BCUT2D eigenvalue weighted by atomic mass is 9.94. The van der Waals surface area contributed by atoms with Gasteiger partial charge in [0.1, 0.15) is 16.6 Å². The topological polar surface area (TPSA) is 119 Å². The number of pyridine rings is 1. The number of hydrogen-bond acceptors (Lipinski definition) is 9. The maximum absolute atomic E-state index is 16.3. The van der Waals surface area contributed by atoms with E-state index in [1.807, 2.05) is 21.7 Å². The predicted molar refractivity (Wildman–Crippen MR) is 129 cm³/mol. The quantitative estimate of drug-likeness (QED) is 0.394. The lowest BCUT2D eigenvalue weighted by Crippen LogP contribution is -2.48. The van der Waals surface area contributed by atoms with Gasteiger partial charge in [-0.05, 0) is 11.1 Å². The van der Waals surface area contributed by atoms with Crippen LogP contribution in [0.2, 0.25) is 0 Å². The predicted octanol–water partition coefficient (Wildman–Crippen LogP) is 3.93. The summed E-state index contributed by atoms with van der Waals surface area (Å²) in [6.07, 6.45) is 8.05. The fraction of sp³-hybridized carbons (Fsp3) is 0.208. The minimum absolute atomic E-state index is 0.0821. The molecule has 5 aromatic rings. The molecule has 1 fully saturated rings. The highest BCUT2D eigenvalue weighted by Gasteiger charge is 2.33. The first-order chi connectivity index (χ1) is 17.5. The van der Waals surface area contributed by atoms with E-state index >= 15 is 4.39 Å². The lowest BCUT2D eigenvalue weighted by Gasteiger charge is -2.39. The molecule has 12 heteroatoms. The van der Waals surface area contributed by atoms with E-state index in [1.165, 1.54) is 0 Å². The van der Waals surface area contributed by atoms with E-state index < -0.39 is 11.6 Å². The van der Waals surface area contributed by atoms with Crippen molar-refractivity contribution < 1.29 is 13.5 Å². The lowest BCUT2D eigenvalue weighted by molar-refractivity contribution is 0.135. The molecule has 0 spiro atoms. The maximum atomic E-state index is 16.3. The number of anilines is 2. The number of nitrogens with two attached hydrogens (primary N) is 1. The molecule has 0 radical (unpaired) electrons. The van der Waals surface area contributed by atoms with Crippen molar-refractivity contribution in [3.63, 3.8) is 0 Å². The van der Waals surface area contributed by atoms with Crippen LogP contribution in [0.25, 0.3) is 32.2 Å². The monoisotopic (exact) mass is 502 g/mol. The molecular weight excluding hydrogens is 486 g/mol. The molecule has 178 valence electrons. The average molecular weight is 503 g/mol. The van der Waals surface area contributed by atoms with Gasteiger partial charge >= 0.3 is 0 Å². The molecule has 0 saturated carbocycles. The number of thiophene rings is 1. The van der Waals surface area contributed by atoms with Crippen molar-refractivity contribution in [3.8, 4) is 17.3 Å². The van der Waals surface area contributed by atoms with Gasteiger partial charge in [-0.15, -0.1) is 11.3 Å². The van der Waals surface area contributed by atoms with Crippen molar-refractivity contribution in [1.29, 1.82) is 5.26 Å². The highest BCUT2D eigenvalue weighted by molar-refractivity contribution is 7.23. The van der Waals surface area contributed by atoms with Crippen LogP contribution in [-0.2, 0) is 18.0 Å². The van der Waals surface area contributed by atoms with Gasteiger partial charge in [0.2, 0.25) is 5.95 Å². The van der Waals surface area contributed by atoms with Crippen LogP contribution in [0.15, 0.2) is 31.1 Å². The zero-order valence-electron chi connectivity index (χ0n) is 18.6. The summed E-state index contributed by atoms with van der Waals surface area (Å²) in [5.41, 5.74) is 7.86. The number of halogens is 2. The number of ether oxygens (including phenoxy) is 1. The van der Waals surface area contributed by atoms with Crippen molar-refractivity contribution in [2.45, 2.75) is 19.3 Å². The van der Waals surface area contributed by atoms with Crippen LogP contribution in [-0.4, -0.2) is 37.6 Å². The third kappa shape index (κ3) is 2.87. The Morgan fingerprint density at radius 3 is 2.78 bits per heavy atom. The van der Waals surface area contributed by atoms with E-state index in [4.69, 9.17) is 10.5 Å². The third-order valence-electron chi connectivity index (χ3n) is 6.82. The normalized spacial score (nSPS) is 15.4. The van der Waals surface area contributed by atoms with Gasteiger partial charge in [-0.25, -0.2) is 23.7 Å². The van der Waals surface area contributed by atoms with E-state index in [-0.39, 0.29) is 56.7 Å². The van der Waals surface area contributed by atoms with Gasteiger partial charge in [-0.1, -0.05) is 0 Å². The van der Waals surface area contributed by atoms with Crippen LogP contribution < -0.4 is 10.6 Å². The minimum Gasteiger partial charge on any atom is -0.389 e. The number of nitrogen functional groups attached to an aromatic ring is 1. The first-order valence-electron chi connectivity index (χ1n) is 11.1. The zero-order valence-corrected chi connectivity index (χ0v) is 19.4. The molecule has 4 aromatic heterocycles. The summed E-state index contributed by atoms with van der Waals surface area (Å²) in [6, 6.07) is 2.26. The van der Waals surface area contributed by atoms with Gasteiger partial charge in [0.05, 0.1) is 47.7 Å². The summed E-state index contributed by atoms with van der Waals surface area (Å²) in [7, 11) is 0. The van der Waals surface area contributed by atoms with E-state index in [2.05, 4.69) is 19.9 Å². The van der Waals surface area contributed by atoms with Crippen LogP contribution in [0.5, 0.6) is 0 Å². The smallest absolute Gasteiger partial charge is 0.226 e. The molecule has 36 heavy (non-hydrogen) atoms. The second kappa shape index (κ2) is 7.64. The van der Waals surface area contributed by atoms with Crippen molar-refractivity contribution in [2.75, 3.05) is 23.7 Å². The fourth-order valence-electron chi connectivity index (χ4n) is 4.98. The summed E-state index contributed by atoms with van der Waals surface area (Å²) in [5.74, 6) is -0.813. The van der Waals surface area contributed by atoms with Gasteiger partial charge in [0.25, 0.3) is 0 Å². The summed E-state index contributed by atoms with van der Waals surface area (Å²) in [5, 5.41) is 10.6. The number of hydrogen-bond donors (Lipinski definition) is 1. The van der Waals surface area contributed by atoms with Crippen LogP contribution in [0, 0.1) is 23.0 Å². The molecule has 9 nitrogen and oxygen atoms in total. The molecule has 0 bridgehead atoms. The standard InChI is InChI=1S/C24H16F2N8OS/c25-16-5-30-21(18-12(3-27)23(28)36-22(16)18)17-15-9-35-8-14(15)13-4-31-24(32-20(13)19(17)26)34-6-11(7-34)33-2-1-29-10-33/h1-2,4-5,10-11H,6-9,28H2. The van der Waals surface area contributed by atoms with Gasteiger partial charge in [0, 0.05) is 48.0 Å². The molecule has 2 N–H and O–H groups in total. The van der Waals surface area contributed by atoms with Crippen LogP contribution in [0.3, 0.4) is 0 Å². The largest absolute Gasteiger partial charge is 0.389 e. The SMILES string of the molecule is N#Cc1c(N)sc2c(F)cnc(-c3c4c(c5cnc(N6CC(n7ccnc7)C6)nc5c3F)COC4)c12. The first-order valence-corrected chi connectivity index (χ1v) is 11.9. The van der Waals surface area contributed by atoms with Crippen LogP contribution in [0.1, 0.15) is 22.7 Å². The highest BCUT2D eigenvalue weighted by atomic mass is 32.1. The van der Waals surface area contributed by atoms with Gasteiger partial charge < -0.3 is 19.9 Å². The molecule has 0 atom stereocenters. The Morgan fingerprint density at radius 1 is 1.17 bits per heavy atom. The molecular formula is C24H16F2N8OS.